The number of rotatable bonds is 0. The van der Waals surface area contributed by atoms with Gasteiger partial charge in [0.25, 0.3) is 0 Å². The van der Waals surface area contributed by atoms with Crippen molar-refractivity contribution in [3.63, 3.8) is 0 Å². The zero-order valence-electron chi connectivity index (χ0n) is 8.69. The molecule has 6 N–H and O–H groups in total. The summed E-state index contributed by atoms with van der Waals surface area (Å²) in [5, 5.41) is 59.0. The van der Waals surface area contributed by atoms with Crippen molar-refractivity contribution in [1.82, 2.24) is 6.15 Å². The van der Waals surface area contributed by atoms with Crippen molar-refractivity contribution in [2.24, 2.45) is 0 Å². The molecule has 0 aromatic heterocycles. The molecule has 0 unspecified atom stereocenters. The quantitative estimate of drug-likeness (QED) is 0.346. The fourth-order valence-electron chi connectivity index (χ4n) is 0. The van der Waals surface area contributed by atoms with Crippen LogP contribution in [0.4, 0.5) is 0 Å². The van der Waals surface area contributed by atoms with Crippen molar-refractivity contribution in [2.75, 3.05) is 0 Å². The van der Waals surface area contributed by atoms with Crippen molar-refractivity contribution in [2.45, 2.75) is 0 Å². The molecule has 113 valence electrons. The van der Waals surface area contributed by atoms with E-state index < -0.39 is 20.3 Å². The number of nitrogens with zero attached hydrogens (tertiary/aromatic N) is 4. The Hall–Kier alpha value is -1.90. The predicted octanol–water partition coefficient (Wildman–Crippen LogP) is -1.40. The van der Waals surface area contributed by atoms with Crippen LogP contribution in [0.2, 0.25) is 0 Å². The SMILES string of the molecule is O.O=[N+]([O-])[O-].O=[N+]([O-])[O-].O=[N+]([O-])[O-].O=[N+]([O-])[O-].[Ce+3].[NH4+]. The van der Waals surface area contributed by atoms with Gasteiger partial charge >= 0.3 is 41.7 Å². The molecule has 0 aromatic carbocycles. The Bertz CT molecular complexity index is 161. The van der Waals surface area contributed by atoms with Gasteiger partial charge in [-0.1, -0.05) is 0 Å². The zero-order chi connectivity index (χ0) is 14.3. The average molecular weight is 424 g/mol. The van der Waals surface area contributed by atoms with Gasteiger partial charge < -0.3 is 72.9 Å². The second kappa shape index (κ2) is 36.0. The van der Waals surface area contributed by atoms with Crippen molar-refractivity contribution in [3.8, 4) is 0 Å². The van der Waals surface area contributed by atoms with Gasteiger partial charge in [-0.05, 0) is 0 Å². The summed E-state index contributed by atoms with van der Waals surface area (Å²) < 4.78 is 0. The Labute approximate surface area is 134 Å². The molecule has 0 aromatic rings. The Morgan fingerprint density at radius 2 is 0.474 bits per heavy atom. The molecular formula is H6CeN5O13. The van der Waals surface area contributed by atoms with Gasteiger partial charge in [0.1, 0.15) is 0 Å². The maximum absolute atomic E-state index is 8.25. The fourth-order valence-corrected chi connectivity index (χ4v) is 0. The van der Waals surface area contributed by atoms with Crippen molar-refractivity contribution >= 4 is 0 Å². The third-order valence-electron chi connectivity index (χ3n) is 0. The van der Waals surface area contributed by atoms with Crippen LogP contribution >= 0.6 is 0 Å². The summed E-state index contributed by atoms with van der Waals surface area (Å²) in [6.07, 6.45) is 0. The molecule has 0 rings (SSSR count). The maximum Gasteiger partial charge on any atom is 3.00 e. The van der Waals surface area contributed by atoms with E-state index in [9.17, 15) is 0 Å². The Morgan fingerprint density at radius 1 is 0.474 bits per heavy atom. The van der Waals surface area contributed by atoms with E-state index in [1.807, 2.05) is 0 Å². The molecule has 0 aliphatic rings. The molecule has 19 heteroatoms. The van der Waals surface area contributed by atoms with Gasteiger partial charge in [0, 0.05) is 0 Å². The Balaban J connectivity index is -0.0000000192. The van der Waals surface area contributed by atoms with Crippen molar-refractivity contribution in [3.05, 3.63) is 61.3 Å². The molecule has 0 saturated carbocycles. The summed E-state index contributed by atoms with van der Waals surface area (Å²) in [5.74, 6) is 0. The molecule has 0 amide bonds. The third kappa shape index (κ3) is 883. The second-order valence-electron chi connectivity index (χ2n) is 0.894. The minimum Gasteiger partial charge on any atom is -0.412 e. The number of hydrogen-bond acceptors (Lipinski definition) is 12. The molecule has 1 radical (unpaired) electrons. The molecule has 0 saturated heterocycles. The monoisotopic (exact) mass is 424 g/mol. The first-order valence-electron chi connectivity index (χ1n) is 2.19. The Morgan fingerprint density at radius 3 is 0.474 bits per heavy atom. The van der Waals surface area contributed by atoms with Crippen LogP contribution in [0.5, 0.6) is 0 Å². The number of hydrogen-bond donors (Lipinski definition) is 1. The standard InChI is InChI=1S/Ce.4NO3.H3N.H2O/c;4*2-1(3)4;;/h;;;;;1H3;1H2/q+3;4*-1;;/p+1. The van der Waals surface area contributed by atoms with Crippen LogP contribution in [-0.2, 0) is 0 Å². The van der Waals surface area contributed by atoms with Crippen molar-refractivity contribution in [1.29, 1.82) is 0 Å². The van der Waals surface area contributed by atoms with Gasteiger partial charge in [-0.15, -0.1) is 0 Å². The van der Waals surface area contributed by atoms with E-state index in [2.05, 4.69) is 0 Å². The van der Waals surface area contributed by atoms with Crippen LogP contribution in [0.1, 0.15) is 0 Å². The third-order valence-corrected chi connectivity index (χ3v) is 0. The van der Waals surface area contributed by atoms with Crippen LogP contribution in [0.25, 0.3) is 0 Å². The van der Waals surface area contributed by atoms with E-state index in [1.165, 1.54) is 0 Å². The average Bonchev–Trinajstić information content (AvgIpc) is 1.76. The molecule has 0 heterocycles. The van der Waals surface area contributed by atoms with Gasteiger partial charge in [-0.3, -0.25) is 0 Å². The van der Waals surface area contributed by atoms with Crippen LogP contribution in [-0.4, -0.2) is 25.8 Å². The van der Waals surface area contributed by atoms with E-state index in [0.717, 1.165) is 0 Å². The summed E-state index contributed by atoms with van der Waals surface area (Å²) in [5.41, 5.74) is 0. The van der Waals surface area contributed by atoms with E-state index in [4.69, 9.17) is 61.3 Å². The summed E-state index contributed by atoms with van der Waals surface area (Å²) in [4.78, 5) is 33.0. The van der Waals surface area contributed by atoms with Crippen molar-refractivity contribution < 1.29 is 67.6 Å². The summed E-state index contributed by atoms with van der Waals surface area (Å²) in [7, 11) is 0. The molecule has 0 fully saturated rings. The van der Waals surface area contributed by atoms with Gasteiger partial charge in [-0.2, -0.15) is 0 Å². The van der Waals surface area contributed by atoms with Gasteiger partial charge in [0.15, 0.2) is 0 Å². The van der Waals surface area contributed by atoms with Gasteiger partial charge in [-0.25, -0.2) is 0 Å². The minimum atomic E-state index is -1.75. The fraction of sp³-hybridized carbons (Fsp3) is 0. The van der Waals surface area contributed by atoms with Gasteiger partial charge in [0.05, 0.1) is 20.3 Å². The van der Waals surface area contributed by atoms with E-state index >= 15 is 0 Å². The summed E-state index contributed by atoms with van der Waals surface area (Å²) in [6, 6.07) is 0. The maximum atomic E-state index is 8.25. The van der Waals surface area contributed by atoms with Crippen LogP contribution in [0.15, 0.2) is 0 Å². The molecule has 0 atom stereocenters. The first kappa shape index (κ1) is 43.5. The van der Waals surface area contributed by atoms with Crippen LogP contribution in [0, 0.1) is 103 Å². The molecule has 0 aliphatic heterocycles. The zero-order valence-corrected chi connectivity index (χ0v) is 11.8. The largest absolute Gasteiger partial charge is 3.00 e. The van der Waals surface area contributed by atoms with Crippen LogP contribution in [0.3, 0.4) is 0 Å². The second-order valence-corrected chi connectivity index (χ2v) is 0.894. The predicted molar refractivity (Wildman–Crippen MR) is 51.0 cm³/mol. The first-order chi connectivity index (χ1) is 6.93. The number of quaternary nitrogens is 1. The summed E-state index contributed by atoms with van der Waals surface area (Å²) in [6.45, 7) is 0. The van der Waals surface area contributed by atoms with Crippen LogP contribution < -0.4 is 6.15 Å². The molecule has 0 aliphatic carbocycles. The van der Waals surface area contributed by atoms with E-state index in [0.29, 0.717) is 0 Å². The minimum absolute atomic E-state index is 0. The van der Waals surface area contributed by atoms with Gasteiger partial charge in [0.2, 0.25) is 0 Å². The molecule has 18 nitrogen and oxygen atoms in total. The summed E-state index contributed by atoms with van der Waals surface area (Å²) >= 11 is 0. The van der Waals surface area contributed by atoms with E-state index in [1.54, 1.807) is 0 Å². The molecule has 19 heavy (non-hydrogen) atoms. The smallest absolute Gasteiger partial charge is 0.412 e. The Kier molecular flexibility index (Phi) is 82.3. The van der Waals surface area contributed by atoms with E-state index in [-0.39, 0.29) is 53.4 Å². The molecular weight excluding hydrogens is 418 g/mol. The molecule has 0 bridgehead atoms. The topological polar surface area (TPSA) is 333 Å². The normalized spacial score (nSPS) is 5.05. The molecule has 0 spiro atoms. The first-order valence-corrected chi connectivity index (χ1v) is 2.19.